The molecular formula is C17H16FNO3S. The molecule has 1 aromatic carbocycles. The first-order valence-electron chi connectivity index (χ1n) is 6.99. The summed E-state index contributed by atoms with van der Waals surface area (Å²) in [5, 5.41) is 4.60. The van der Waals surface area contributed by atoms with Gasteiger partial charge in [-0.15, -0.1) is 11.3 Å². The van der Waals surface area contributed by atoms with Crippen LogP contribution in [0, 0.1) is 5.82 Å². The summed E-state index contributed by atoms with van der Waals surface area (Å²) >= 11 is 1.53. The van der Waals surface area contributed by atoms with Crippen LogP contribution in [0.2, 0.25) is 0 Å². The topological polar surface area (TPSA) is 55.4 Å². The second-order valence-electron chi connectivity index (χ2n) is 4.73. The van der Waals surface area contributed by atoms with Crippen LogP contribution in [-0.4, -0.2) is 18.0 Å². The lowest BCUT2D eigenvalue weighted by Gasteiger charge is -2.11. The fourth-order valence-electron chi connectivity index (χ4n) is 1.77. The van der Waals surface area contributed by atoms with E-state index in [9.17, 15) is 14.0 Å². The number of hydrogen-bond acceptors (Lipinski definition) is 4. The monoisotopic (exact) mass is 333 g/mol. The molecular weight excluding hydrogens is 317 g/mol. The number of carbonyl (C=O) groups is 2. The lowest BCUT2D eigenvalue weighted by Crippen LogP contribution is -2.34. The van der Waals surface area contributed by atoms with E-state index in [0.29, 0.717) is 6.54 Å². The van der Waals surface area contributed by atoms with Crippen LogP contribution in [0.3, 0.4) is 0 Å². The standard InChI is InChI=1S/C17H16FNO3S/c1-12(17(21)19-11-14-6-4-10-23-14)22-16(20)9-8-13-5-2-3-7-15(13)18/h2-10,12H,11H2,1H3,(H,19,21)/b9-8+/t12-/m1/s1. The van der Waals surface area contributed by atoms with Crippen molar-refractivity contribution in [2.75, 3.05) is 0 Å². The van der Waals surface area contributed by atoms with E-state index in [-0.39, 0.29) is 11.5 Å². The molecule has 0 bridgehead atoms. The van der Waals surface area contributed by atoms with Crippen molar-refractivity contribution in [1.82, 2.24) is 5.32 Å². The van der Waals surface area contributed by atoms with Crippen LogP contribution in [0.5, 0.6) is 0 Å². The molecule has 4 nitrogen and oxygen atoms in total. The Hall–Kier alpha value is -2.47. The summed E-state index contributed by atoms with van der Waals surface area (Å²) in [5.41, 5.74) is 0.277. The molecule has 6 heteroatoms. The van der Waals surface area contributed by atoms with Gasteiger partial charge in [0, 0.05) is 16.5 Å². The van der Waals surface area contributed by atoms with Crippen LogP contribution in [0.4, 0.5) is 4.39 Å². The van der Waals surface area contributed by atoms with E-state index in [2.05, 4.69) is 5.32 Å². The molecule has 1 atom stereocenters. The van der Waals surface area contributed by atoms with Gasteiger partial charge in [0.1, 0.15) is 5.82 Å². The fourth-order valence-corrected chi connectivity index (χ4v) is 2.41. The van der Waals surface area contributed by atoms with Gasteiger partial charge >= 0.3 is 5.97 Å². The summed E-state index contributed by atoms with van der Waals surface area (Å²) < 4.78 is 18.4. The molecule has 2 aromatic rings. The summed E-state index contributed by atoms with van der Waals surface area (Å²) in [7, 11) is 0. The zero-order chi connectivity index (χ0) is 16.7. The number of ether oxygens (including phenoxy) is 1. The smallest absolute Gasteiger partial charge is 0.331 e. The quantitative estimate of drug-likeness (QED) is 0.653. The Morgan fingerprint density at radius 2 is 2.09 bits per heavy atom. The highest BCUT2D eigenvalue weighted by Gasteiger charge is 2.16. The highest BCUT2D eigenvalue weighted by atomic mass is 32.1. The predicted octanol–water partition coefficient (Wildman–Crippen LogP) is 3.15. The minimum atomic E-state index is -0.923. The summed E-state index contributed by atoms with van der Waals surface area (Å²) in [6.07, 6.45) is 1.49. The van der Waals surface area contributed by atoms with Crippen LogP contribution in [0.15, 0.2) is 47.9 Å². The fraction of sp³-hybridized carbons (Fsp3) is 0.176. The highest BCUT2D eigenvalue weighted by molar-refractivity contribution is 7.09. The van der Waals surface area contributed by atoms with Gasteiger partial charge in [-0.3, -0.25) is 4.79 Å². The highest BCUT2D eigenvalue weighted by Crippen LogP contribution is 2.09. The van der Waals surface area contributed by atoms with E-state index in [4.69, 9.17) is 4.74 Å². The van der Waals surface area contributed by atoms with Crippen molar-refractivity contribution in [1.29, 1.82) is 0 Å². The first-order chi connectivity index (χ1) is 11.1. The number of esters is 1. The number of nitrogens with one attached hydrogen (secondary N) is 1. The van der Waals surface area contributed by atoms with Crippen molar-refractivity contribution in [3.05, 3.63) is 64.1 Å². The Labute approximate surface area is 137 Å². The minimum Gasteiger partial charge on any atom is -0.449 e. The van der Waals surface area contributed by atoms with Gasteiger partial charge in [0.15, 0.2) is 6.10 Å². The Balaban J connectivity index is 1.82. The molecule has 0 aliphatic heterocycles. The molecule has 0 saturated carbocycles. The summed E-state index contributed by atoms with van der Waals surface area (Å²) in [5.74, 6) is -1.52. The van der Waals surface area contributed by atoms with Crippen LogP contribution < -0.4 is 5.32 Å². The van der Waals surface area contributed by atoms with Crippen LogP contribution >= 0.6 is 11.3 Å². The number of halogens is 1. The third-order valence-corrected chi connectivity index (χ3v) is 3.86. The molecule has 0 spiro atoms. The van der Waals surface area contributed by atoms with E-state index in [0.717, 1.165) is 11.0 Å². The number of benzene rings is 1. The van der Waals surface area contributed by atoms with E-state index < -0.39 is 17.9 Å². The number of thiophene rings is 1. The lowest BCUT2D eigenvalue weighted by molar-refractivity contribution is -0.150. The van der Waals surface area contributed by atoms with Crippen molar-refractivity contribution in [3.63, 3.8) is 0 Å². The van der Waals surface area contributed by atoms with Gasteiger partial charge in [-0.1, -0.05) is 24.3 Å². The van der Waals surface area contributed by atoms with E-state index >= 15 is 0 Å². The second-order valence-corrected chi connectivity index (χ2v) is 5.76. The molecule has 0 radical (unpaired) electrons. The lowest BCUT2D eigenvalue weighted by atomic mass is 10.2. The Bertz CT molecular complexity index is 698. The zero-order valence-corrected chi connectivity index (χ0v) is 13.3. The maximum absolute atomic E-state index is 13.4. The number of amides is 1. The van der Waals surface area contributed by atoms with Gasteiger partial charge in [-0.2, -0.15) is 0 Å². The first kappa shape index (κ1) is 16.9. The average molecular weight is 333 g/mol. The molecule has 0 fully saturated rings. The molecule has 0 unspecified atom stereocenters. The van der Waals surface area contributed by atoms with Crippen molar-refractivity contribution in [2.45, 2.75) is 19.6 Å². The molecule has 23 heavy (non-hydrogen) atoms. The van der Waals surface area contributed by atoms with Gasteiger partial charge < -0.3 is 10.1 Å². The zero-order valence-electron chi connectivity index (χ0n) is 12.5. The molecule has 0 aliphatic carbocycles. The minimum absolute atomic E-state index is 0.277. The molecule has 1 amide bonds. The van der Waals surface area contributed by atoms with Crippen LogP contribution in [0.25, 0.3) is 6.08 Å². The number of rotatable bonds is 6. The Morgan fingerprint density at radius 3 is 2.78 bits per heavy atom. The molecule has 0 aliphatic rings. The molecule has 0 saturated heterocycles. The van der Waals surface area contributed by atoms with Gasteiger partial charge in [0.25, 0.3) is 5.91 Å². The SMILES string of the molecule is C[C@@H](OC(=O)/C=C/c1ccccc1F)C(=O)NCc1cccs1. The largest absolute Gasteiger partial charge is 0.449 e. The Morgan fingerprint density at radius 1 is 1.30 bits per heavy atom. The summed E-state index contributed by atoms with van der Waals surface area (Å²) in [6, 6.07) is 9.85. The molecule has 120 valence electrons. The normalized spacial score (nSPS) is 12.1. The maximum Gasteiger partial charge on any atom is 0.331 e. The summed E-state index contributed by atoms with van der Waals surface area (Å²) in [4.78, 5) is 24.5. The first-order valence-corrected chi connectivity index (χ1v) is 7.87. The summed E-state index contributed by atoms with van der Waals surface area (Å²) in [6.45, 7) is 1.88. The van der Waals surface area contributed by atoms with Crippen molar-refractivity contribution in [3.8, 4) is 0 Å². The molecule has 1 heterocycles. The maximum atomic E-state index is 13.4. The second kappa shape index (κ2) is 8.24. The van der Waals surface area contributed by atoms with Gasteiger partial charge in [-0.25, -0.2) is 9.18 Å². The molecule has 1 N–H and O–H groups in total. The van der Waals surface area contributed by atoms with Crippen molar-refractivity contribution < 1.29 is 18.7 Å². The van der Waals surface area contributed by atoms with Gasteiger partial charge in [0.05, 0.1) is 6.54 Å². The van der Waals surface area contributed by atoms with Gasteiger partial charge in [-0.05, 0) is 30.5 Å². The van der Waals surface area contributed by atoms with Crippen LogP contribution in [0.1, 0.15) is 17.4 Å². The molecule has 2 rings (SSSR count). The van der Waals surface area contributed by atoms with E-state index in [1.807, 2.05) is 17.5 Å². The Kier molecular flexibility index (Phi) is 6.05. The van der Waals surface area contributed by atoms with Crippen molar-refractivity contribution in [2.24, 2.45) is 0 Å². The number of carbonyl (C=O) groups excluding carboxylic acids is 2. The van der Waals surface area contributed by atoms with E-state index in [1.165, 1.54) is 36.5 Å². The van der Waals surface area contributed by atoms with E-state index in [1.54, 1.807) is 12.1 Å². The third-order valence-electron chi connectivity index (χ3n) is 2.98. The predicted molar refractivity (Wildman–Crippen MR) is 87.2 cm³/mol. The average Bonchev–Trinajstić information content (AvgIpc) is 3.05. The molecule has 1 aromatic heterocycles. The van der Waals surface area contributed by atoms with Crippen molar-refractivity contribution >= 4 is 29.3 Å². The number of hydrogen-bond donors (Lipinski definition) is 1. The third kappa shape index (κ3) is 5.34. The van der Waals surface area contributed by atoms with Crippen LogP contribution in [-0.2, 0) is 20.9 Å². The van der Waals surface area contributed by atoms with Gasteiger partial charge in [0.2, 0.25) is 0 Å².